The van der Waals surface area contributed by atoms with Gasteiger partial charge in [0.15, 0.2) is 0 Å². The third-order valence-electron chi connectivity index (χ3n) is 3.39. The van der Waals surface area contributed by atoms with Crippen molar-refractivity contribution >= 4 is 12.4 Å². The molecule has 2 rings (SSSR count). The molecule has 1 heterocycles. The van der Waals surface area contributed by atoms with E-state index in [2.05, 4.69) is 0 Å². The highest BCUT2D eigenvalue weighted by Crippen LogP contribution is 2.53. The van der Waals surface area contributed by atoms with Crippen LogP contribution < -0.4 is 0 Å². The number of piperidine rings is 1. The highest BCUT2D eigenvalue weighted by molar-refractivity contribution is 5.69. The van der Waals surface area contributed by atoms with Gasteiger partial charge >= 0.3 is 6.09 Å². The van der Waals surface area contributed by atoms with Crippen molar-refractivity contribution in [3.05, 3.63) is 0 Å². The van der Waals surface area contributed by atoms with E-state index in [1.165, 1.54) is 0 Å². The number of hydrogen-bond donors (Lipinski definition) is 0. The fourth-order valence-corrected chi connectivity index (χ4v) is 2.59. The summed E-state index contributed by atoms with van der Waals surface area (Å²) in [4.78, 5) is 23.9. The lowest BCUT2D eigenvalue weighted by Crippen LogP contribution is -2.37. The van der Waals surface area contributed by atoms with Crippen molar-refractivity contribution in [1.29, 1.82) is 0 Å². The monoisotopic (exact) mass is 225 g/mol. The predicted molar refractivity (Wildman–Crippen MR) is 59.0 cm³/mol. The number of carbonyl (C=O) groups excluding carboxylic acids is 2. The summed E-state index contributed by atoms with van der Waals surface area (Å²) >= 11 is 0. The first-order chi connectivity index (χ1) is 7.42. The minimum atomic E-state index is -0.425. The first-order valence-electron chi connectivity index (χ1n) is 5.84. The molecule has 90 valence electrons. The number of nitrogens with zero attached hydrogens (tertiary/aromatic N) is 1. The summed E-state index contributed by atoms with van der Waals surface area (Å²) in [6.45, 7) is 7.14. The van der Waals surface area contributed by atoms with Gasteiger partial charge < -0.3 is 14.4 Å². The molecule has 2 atom stereocenters. The number of rotatable bonds is 2. The van der Waals surface area contributed by atoms with Crippen LogP contribution in [0.5, 0.6) is 0 Å². The molecule has 16 heavy (non-hydrogen) atoms. The number of ether oxygens (including phenoxy) is 1. The molecule has 1 aliphatic carbocycles. The molecule has 1 saturated heterocycles. The van der Waals surface area contributed by atoms with Crippen LogP contribution >= 0.6 is 0 Å². The maximum atomic E-state index is 11.7. The molecule has 4 nitrogen and oxygen atoms in total. The van der Waals surface area contributed by atoms with E-state index in [0.717, 1.165) is 19.4 Å². The molecular formula is C12H19NO3. The molecule has 0 bridgehead atoms. The topological polar surface area (TPSA) is 46.6 Å². The van der Waals surface area contributed by atoms with Gasteiger partial charge in [-0.3, -0.25) is 0 Å². The number of fused-ring (bicyclic) bond motifs is 1. The van der Waals surface area contributed by atoms with Gasteiger partial charge in [-0.15, -0.1) is 0 Å². The highest BCUT2D eigenvalue weighted by atomic mass is 16.6. The van der Waals surface area contributed by atoms with E-state index in [1.807, 2.05) is 20.8 Å². The Morgan fingerprint density at radius 3 is 2.38 bits per heavy atom. The van der Waals surface area contributed by atoms with Gasteiger partial charge in [-0.1, -0.05) is 0 Å². The number of carbonyl (C=O) groups is 2. The van der Waals surface area contributed by atoms with Crippen LogP contribution in [0.4, 0.5) is 4.79 Å². The van der Waals surface area contributed by atoms with Crippen LogP contribution in [0.2, 0.25) is 0 Å². The largest absolute Gasteiger partial charge is 0.444 e. The van der Waals surface area contributed by atoms with Gasteiger partial charge in [0, 0.05) is 19.5 Å². The van der Waals surface area contributed by atoms with E-state index in [9.17, 15) is 9.59 Å². The Hall–Kier alpha value is -1.06. The molecule has 0 N–H and O–H groups in total. The number of likely N-dealkylation sites (tertiary alicyclic amines) is 1. The van der Waals surface area contributed by atoms with Crippen LogP contribution in [0.1, 0.15) is 27.2 Å². The van der Waals surface area contributed by atoms with Gasteiger partial charge in [0.25, 0.3) is 0 Å². The number of aldehydes is 1. The van der Waals surface area contributed by atoms with Crippen molar-refractivity contribution in [2.45, 2.75) is 32.8 Å². The van der Waals surface area contributed by atoms with E-state index in [1.54, 1.807) is 4.90 Å². The normalized spacial score (nSPS) is 32.2. The molecule has 0 aromatic rings. The van der Waals surface area contributed by atoms with Gasteiger partial charge in [0.2, 0.25) is 0 Å². The molecule has 0 unspecified atom stereocenters. The molecule has 0 aromatic carbocycles. The lowest BCUT2D eigenvalue weighted by molar-refractivity contribution is -0.108. The third-order valence-corrected chi connectivity index (χ3v) is 3.39. The summed E-state index contributed by atoms with van der Waals surface area (Å²) in [5, 5.41) is 0. The van der Waals surface area contributed by atoms with E-state index in [0.29, 0.717) is 24.2 Å². The van der Waals surface area contributed by atoms with Crippen molar-refractivity contribution in [1.82, 2.24) is 4.90 Å². The molecule has 1 saturated carbocycles. The fraction of sp³-hybridized carbons (Fsp3) is 0.833. The third kappa shape index (κ3) is 2.20. The average molecular weight is 225 g/mol. The zero-order valence-corrected chi connectivity index (χ0v) is 10.1. The van der Waals surface area contributed by atoms with Crippen LogP contribution in [0.15, 0.2) is 0 Å². The minimum Gasteiger partial charge on any atom is -0.444 e. The molecule has 0 spiro atoms. The second kappa shape index (κ2) is 3.75. The molecular weight excluding hydrogens is 206 g/mol. The number of amides is 1. The summed E-state index contributed by atoms with van der Waals surface area (Å²) in [6, 6.07) is 0. The van der Waals surface area contributed by atoms with Crippen LogP contribution in [0, 0.1) is 17.8 Å². The maximum absolute atomic E-state index is 11.7. The first-order valence-corrected chi connectivity index (χ1v) is 5.84. The standard InChI is InChI=1S/C12H19NO3/c1-12(2,3)16-11(15)13-6-9-8(4-5-14)10(9)7-13/h5,8-10H,4,6-7H2,1-3H3/t9-,10-/m1/s1. The first kappa shape index (κ1) is 11.4. The maximum Gasteiger partial charge on any atom is 0.410 e. The molecule has 1 amide bonds. The summed E-state index contributed by atoms with van der Waals surface area (Å²) in [5.41, 5.74) is -0.425. The van der Waals surface area contributed by atoms with E-state index < -0.39 is 5.60 Å². The Balaban J connectivity index is 1.80. The van der Waals surface area contributed by atoms with Crippen molar-refractivity contribution < 1.29 is 14.3 Å². The Kier molecular flexibility index (Phi) is 2.68. The van der Waals surface area contributed by atoms with Crippen molar-refractivity contribution in [2.75, 3.05) is 13.1 Å². The lowest BCUT2D eigenvalue weighted by atomic mass is 10.2. The minimum absolute atomic E-state index is 0.218. The van der Waals surface area contributed by atoms with Gasteiger partial charge in [-0.25, -0.2) is 4.79 Å². The Labute approximate surface area is 95.9 Å². The summed E-state index contributed by atoms with van der Waals surface area (Å²) < 4.78 is 5.30. The van der Waals surface area contributed by atoms with Crippen molar-refractivity contribution in [2.24, 2.45) is 17.8 Å². The van der Waals surface area contributed by atoms with E-state index in [4.69, 9.17) is 4.74 Å². The van der Waals surface area contributed by atoms with E-state index >= 15 is 0 Å². The summed E-state index contributed by atoms with van der Waals surface area (Å²) in [6.07, 6.45) is 1.42. The quantitative estimate of drug-likeness (QED) is 0.672. The second-order valence-corrected chi connectivity index (χ2v) is 5.78. The van der Waals surface area contributed by atoms with Crippen LogP contribution in [-0.4, -0.2) is 36.0 Å². The van der Waals surface area contributed by atoms with E-state index in [-0.39, 0.29) is 6.09 Å². The fourth-order valence-electron chi connectivity index (χ4n) is 2.59. The average Bonchev–Trinajstić information content (AvgIpc) is 2.60. The van der Waals surface area contributed by atoms with Gasteiger partial charge in [-0.2, -0.15) is 0 Å². The van der Waals surface area contributed by atoms with Gasteiger partial charge in [0.1, 0.15) is 11.9 Å². The predicted octanol–water partition coefficient (Wildman–Crippen LogP) is 1.69. The van der Waals surface area contributed by atoms with Gasteiger partial charge in [0.05, 0.1) is 0 Å². The Morgan fingerprint density at radius 2 is 1.94 bits per heavy atom. The molecule has 2 fully saturated rings. The molecule has 2 aliphatic rings. The van der Waals surface area contributed by atoms with Gasteiger partial charge in [-0.05, 0) is 38.5 Å². The molecule has 0 radical (unpaired) electrons. The Morgan fingerprint density at radius 1 is 1.38 bits per heavy atom. The zero-order valence-electron chi connectivity index (χ0n) is 10.1. The molecule has 0 aromatic heterocycles. The molecule has 1 aliphatic heterocycles. The van der Waals surface area contributed by atoms with Crippen LogP contribution in [0.3, 0.4) is 0 Å². The smallest absolute Gasteiger partial charge is 0.410 e. The highest BCUT2D eigenvalue weighted by Gasteiger charge is 2.56. The SMILES string of the molecule is CC(C)(C)OC(=O)N1C[C@@H]2C(CC=O)[C@H]2C1. The van der Waals surface area contributed by atoms with Crippen molar-refractivity contribution in [3.8, 4) is 0 Å². The van der Waals surface area contributed by atoms with Crippen LogP contribution in [0.25, 0.3) is 0 Å². The lowest BCUT2D eigenvalue weighted by Gasteiger charge is -2.25. The zero-order chi connectivity index (χ0) is 11.9. The van der Waals surface area contributed by atoms with Crippen LogP contribution in [-0.2, 0) is 9.53 Å². The number of hydrogen-bond acceptors (Lipinski definition) is 3. The van der Waals surface area contributed by atoms with Crippen molar-refractivity contribution in [3.63, 3.8) is 0 Å². The summed E-state index contributed by atoms with van der Waals surface area (Å²) in [7, 11) is 0. The second-order valence-electron chi connectivity index (χ2n) is 5.78. The Bertz CT molecular complexity index is 296. The summed E-state index contributed by atoms with van der Waals surface area (Å²) in [5.74, 6) is 1.60. The molecule has 4 heteroatoms.